The number of primary amides is 1. The molecule has 2 heterocycles. The quantitative estimate of drug-likeness (QED) is 0.694. The molecule has 1 saturated carbocycles. The molecule has 0 saturated heterocycles. The van der Waals surface area contributed by atoms with Crippen LogP contribution in [-0.2, 0) is 10.2 Å². The summed E-state index contributed by atoms with van der Waals surface area (Å²) in [4.78, 5) is 33.1. The lowest BCUT2D eigenvalue weighted by Crippen LogP contribution is -2.47. The van der Waals surface area contributed by atoms with Gasteiger partial charge in [-0.2, -0.15) is 13.2 Å². The Morgan fingerprint density at radius 2 is 2.00 bits per heavy atom. The van der Waals surface area contributed by atoms with Gasteiger partial charge in [-0.05, 0) is 44.4 Å². The number of carbonyl (C=O) groups excluding carboxylic acids is 2. The molecule has 10 heteroatoms. The van der Waals surface area contributed by atoms with E-state index in [-0.39, 0.29) is 11.8 Å². The highest BCUT2D eigenvalue weighted by Gasteiger charge is 2.46. The normalized spacial score (nSPS) is 16.2. The molecule has 1 aliphatic rings. The first kappa shape index (κ1) is 22.5. The lowest BCUT2D eigenvalue weighted by molar-refractivity contribution is -0.154. The second-order valence-electron chi connectivity index (χ2n) is 7.71. The Kier molecular flexibility index (Phi) is 6.19. The van der Waals surface area contributed by atoms with Crippen molar-refractivity contribution in [2.75, 3.05) is 6.61 Å². The maximum Gasteiger partial charge on any atom is 0.422 e. The molecule has 31 heavy (non-hydrogen) atoms. The molecule has 1 fully saturated rings. The second-order valence-corrected chi connectivity index (χ2v) is 7.71. The molecule has 1 unspecified atom stereocenters. The number of nitrogens with zero attached hydrogens (tertiary/aromatic N) is 2. The Hall–Kier alpha value is -3.17. The van der Waals surface area contributed by atoms with Gasteiger partial charge in [0.25, 0.3) is 5.91 Å². The molecular weight excluding hydrogens is 413 g/mol. The summed E-state index contributed by atoms with van der Waals surface area (Å²) >= 11 is 0. The predicted molar refractivity (Wildman–Crippen MR) is 105 cm³/mol. The number of aryl methyl sites for hydroxylation is 1. The molecule has 2 aromatic heterocycles. The first-order chi connectivity index (χ1) is 14.5. The number of rotatable bonds is 7. The van der Waals surface area contributed by atoms with Crippen molar-refractivity contribution in [3.05, 3.63) is 53.0 Å². The number of alkyl halides is 3. The van der Waals surface area contributed by atoms with Gasteiger partial charge in [-0.3, -0.25) is 14.6 Å². The molecule has 0 bridgehead atoms. The van der Waals surface area contributed by atoms with Gasteiger partial charge in [-0.15, -0.1) is 0 Å². The zero-order valence-corrected chi connectivity index (χ0v) is 17.1. The fraction of sp³-hybridized carbons (Fsp3) is 0.429. The smallest absolute Gasteiger partial charge is 0.422 e. The standard InChI is InChI=1S/C21H23F3N4O3/c1-12-8-15(9-16(27-12)20(19(25)30)6-3-7-20)18(29)28-13(2)14-4-5-17(26-10-14)31-11-21(22,23)24/h4-5,8-10,13H,3,6-7,11H2,1-2H3,(H2,25,30)(H,28,29). The van der Waals surface area contributed by atoms with E-state index >= 15 is 0 Å². The Labute approximate surface area is 177 Å². The monoisotopic (exact) mass is 436 g/mol. The Morgan fingerprint density at radius 1 is 1.29 bits per heavy atom. The second kappa shape index (κ2) is 8.52. The summed E-state index contributed by atoms with van der Waals surface area (Å²) in [7, 11) is 0. The van der Waals surface area contributed by atoms with Crippen molar-refractivity contribution < 1.29 is 27.5 Å². The van der Waals surface area contributed by atoms with Crippen LogP contribution in [-0.4, -0.2) is 34.6 Å². The van der Waals surface area contributed by atoms with E-state index in [0.29, 0.717) is 35.4 Å². The van der Waals surface area contributed by atoms with Gasteiger partial charge in [-0.25, -0.2) is 4.98 Å². The molecule has 2 amide bonds. The lowest BCUT2D eigenvalue weighted by atomic mass is 9.65. The van der Waals surface area contributed by atoms with Crippen molar-refractivity contribution in [3.8, 4) is 5.88 Å². The molecule has 166 valence electrons. The lowest BCUT2D eigenvalue weighted by Gasteiger charge is -2.38. The average molecular weight is 436 g/mol. The van der Waals surface area contributed by atoms with Crippen LogP contribution in [0.1, 0.15) is 59.5 Å². The third-order valence-corrected chi connectivity index (χ3v) is 5.38. The van der Waals surface area contributed by atoms with Crippen molar-refractivity contribution in [2.24, 2.45) is 5.73 Å². The van der Waals surface area contributed by atoms with Crippen molar-refractivity contribution in [1.82, 2.24) is 15.3 Å². The Morgan fingerprint density at radius 3 is 2.52 bits per heavy atom. The number of pyridine rings is 2. The molecule has 3 N–H and O–H groups in total. The molecule has 3 rings (SSSR count). The molecule has 0 aliphatic heterocycles. The first-order valence-corrected chi connectivity index (χ1v) is 9.76. The summed E-state index contributed by atoms with van der Waals surface area (Å²) in [5, 5.41) is 2.82. The van der Waals surface area contributed by atoms with E-state index in [2.05, 4.69) is 20.0 Å². The van der Waals surface area contributed by atoms with Gasteiger partial charge in [0.05, 0.1) is 17.2 Å². The van der Waals surface area contributed by atoms with Crippen molar-refractivity contribution in [2.45, 2.75) is 50.7 Å². The summed E-state index contributed by atoms with van der Waals surface area (Å²) in [6.45, 7) is 2.03. The van der Waals surface area contributed by atoms with Gasteiger partial charge in [0.1, 0.15) is 0 Å². The number of carbonyl (C=O) groups is 2. The summed E-state index contributed by atoms with van der Waals surface area (Å²) < 4.78 is 41.3. The fourth-order valence-electron chi connectivity index (χ4n) is 3.46. The first-order valence-electron chi connectivity index (χ1n) is 9.76. The van der Waals surface area contributed by atoms with E-state index in [1.54, 1.807) is 26.0 Å². The maximum absolute atomic E-state index is 12.8. The van der Waals surface area contributed by atoms with Crippen LogP contribution in [0.4, 0.5) is 13.2 Å². The van der Waals surface area contributed by atoms with Crippen LogP contribution in [0.5, 0.6) is 5.88 Å². The highest BCUT2D eigenvalue weighted by molar-refractivity contribution is 5.95. The zero-order valence-electron chi connectivity index (χ0n) is 17.1. The van der Waals surface area contributed by atoms with Crippen LogP contribution in [0, 0.1) is 6.92 Å². The van der Waals surface area contributed by atoms with Gasteiger partial charge < -0.3 is 15.8 Å². The molecule has 1 atom stereocenters. The summed E-state index contributed by atoms with van der Waals surface area (Å²) in [6, 6.07) is 5.58. The van der Waals surface area contributed by atoms with Gasteiger partial charge in [0.15, 0.2) is 6.61 Å². The van der Waals surface area contributed by atoms with E-state index < -0.39 is 30.1 Å². The van der Waals surface area contributed by atoms with Gasteiger partial charge in [-0.1, -0.05) is 12.5 Å². The molecule has 7 nitrogen and oxygen atoms in total. The van der Waals surface area contributed by atoms with Crippen LogP contribution < -0.4 is 15.8 Å². The highest BCUT2D eigenvalue weighted by Crippen LogP contribution is 2.43. The minimum atomic E-state index is -4.45. The van der Waals surface area contributed by atoms with E-state index in [4.69, 9.17) is 5.73 Å². The number of ether oxygens (including phenoxy) is 1. The molecule has 0 aromatic carbocycles. The number of halogens is 3. The van der Waals surface area contributed by atoms with E-state index in [1.165, 1.54) is 18.3 Å². The maximum atomic E-state index is 12.8. The molecular formula is C21H23F3N4O3. The average Bonchev–Trinajstić information content (AvgIpc) is 2.64. The minimum absolute atomic E-state index is 0.161. The van der Waals surface area contributed by atoms with Crippen molar-refractivity contribution in [1.29, 1.82) is 0 Å². The van der Waals surface area contributed by atoms with Crippen molar-refractivity contribution in [3.63, 3.8) is 0 Å². The molecule has 0 spiro atoms. The van der Waals surface area contributed by atoms with Gasteiger partial charge >= 0.3 is 6.18 Å². The molecule has 1 aliphatic carbocycles. The van der Waals surface area contributed by atoms with Crippen LogP contribution in [0.15, 0.2) is 30.5 Å². The fourth-order valence-corrected chi connectivity index (χ4v) is 3.46. The van der Waals surface area contributed by atoms with Gasteiger partial charge in [0.2, 0.25) is 11.8 Å². The third kappa shape index (κ3) is 5.12. The number of hydrogen-bond donors (Lipinski definition) is 2. The van der Waals surface area contributed by atoms with E-state index in [0.717, 1.165) is 6.42 Å². The van der Waals surface area contributed by atoms with Crippen molar-refractivity contribution >= 4 is 11.8 Å². The Balaban J connectivity index is 1.71. The van der Waals surface area contributed by atoms with Gasteiger partial charge in [0, 0.05) is 23.5 Å². The summed E-state index contributed by atoms with van der Waals surface area (Å²) in [6.07, 6.45) is -1.03. The third-order valence-electron chi connectivity index (χ3n) is 5.38. The summed E-state index contributed by atoms with van der Waals surface area (Å²) in [5.74, 6) is -0.989. The largest absolute Gasteiger partial charge is 0.468 e. The van der Waals surface area contributed by atoms with Crippen LogP contribution in [0.2, 0.25) is 0 Å². The SMILES string of the molecule is Cc1cc(C(=O)NC(C)c2ccc(OCC(F)(F)F)nc2)cc(C2(C(N)=O)CCC2)n1. The van der Waals surface area contributed by atoms with Crippen LogP contribution in [0.25, 0.3) is 0 Å². The Bertz CT molecular complexity index is 973. The number of amides is 2. The number of aromatic nitrogens is 2. The van der Waals surface area contributed by atoms with Crippen LogP contribution in [0.3, 0.4) is 0 Å². The predicted octanol–water partition coefficient (Wildman–Crippen LogP) is 3.12. The van der Waals surface area contributed by atoms with E-state index in [9.17, 15) is 22.8 Å². The zero-order chi connectivity index (χ0) is 22.8. The van der Waals surface area contributed by atoms with E-state index in [1.807, 2.05) is 0 Å². The number of nitrogens with one attached hydrogen (secondary N) is 1. The topological polar surface area (TPSA) is 107 Å². The summed E-state index contributed by atoms with van der Waals surface area (Å²) in [5.41, 5.74) is 6.79. The number of hydrogen-bond acceptors (Lipinski definition) is 5. The van der Waals surface area contributed by atoms with Crippen LogP contribution >= 0.6 is 0 Å². The highest BCUT2D eigenvalue weighted by atomic mass is 19.4. The number of nitrogens with two attached hydrogens (primary N) is 1. The molecule has 0 radical (unpaired) electrons. The molecule has 2 aromatic rings. The minimum Gasteiger partial charge on any atom is -0.468 e.